The molecule has 2 N–H and O–H groups in total. The van der Waals surface area contributed by atoms with Crippen LogP contribution in [0, 0.1) is 0 Å². The minimum absolute atomic E-state index is 0.589. The van der Waals surface area contributed by atoms with E-state index >= 15 is 0 Å². The average Bonchev–Trinajstić information content (AvgIpc) is 2.73. The first-order valence-electron chi connectivity index (χ1n) is 6.10. The third-order valence-corrected chi connectivity index (χ3v) is 3.52. The van der Waals surface area contributed by atoms with Gasteiger partial charge in [-0.15, -0.1) is 0 Å². The second-order valence-electron chi connectivity index (χ2n) is 4.83. The summed E-state index contributed by atoms with van der Waals surface area (Å²) < 4.78 is 2.06. The van der Waals surface area contributed by atoms with Crippen molar-refractivity contribution in [2.75, 3.05) is 13.1 Å². The highest BCUT2D eigenvalue weighted by Crippen LogP contribution is 2.23. The minimum atomic E-state index is -0.589. The Morgan fingerprint density at radius 1 is 1.35 bits per heavy atom. The lowest BCUT2D eigenvalue weighted by Crippen LogP contribution is -2.44. The summed E-state index contributed by atoms with van der Waals surface area (Å²) in [4.78, 5) is 4.37. The summed E-state index contributed by atoms with van der Waals surface area (Å²) in [5.41, 5.74) is 0.369. The molecule has 0 radical (unpaired) electrons. The SMILES string of the molecule is OC1(Cn2ccc3cccnc32)CCNCC1. The van der Waals surface area contributed by atoms with E-state index in [4.69, 9.17) is 0 Å². The van der Waals surface area contributed by atoms with Gasteiger partial charge in [-0.25, -0.2) is 4.98 Å². The first-order valence-corrected chi connectivity index (χ1v) is 6.10. The van der Waals surface area contributed by atoms with Crippen molar-refractivity contribution in [1.82, 2.24) is 14.9 Å². The van der Waals surface area contributed by atoms with E-state index in [0.29, 0.717) is 6.54 Å². The van der Waals surface area contributed by atoms with E-state index in [1.165, 1.54) is 0 Å². The van der Waals surface area contributed by atoms with Crippen LogP contribution < -0.4 is 5.32 Å². The lowest BCUT2D eigenvalue weighted by atomic mass is 9.92. The van der Waals surface area contributed by atoms with Gasteiger partial charge in [0.1, 0.15) is 5.65 Å². The van der Waals surface area contributed by atoms with Crippen molar-refractivity contribution in [3.63, 3.8) is 0 Å². The van der Waals surface area contributed by atoms with Crippen molar-refractivity contribution in [2.45, 2.75) is 25.0 Å². The van der Waals surface area contributed by atoms with E-state index in [-0.39, 0.29) is 0 Å². The van der Waals surface area contributed by atoms with Crippen LogP contribution in [-0.4, -0.2) is 33.3 Å². The molecule has 0 spiro atoms. The van der Waals surface area contributed by atoms with Crippen molar-refractivity contribution in [3.8, 4) is 0 Å². The largest absolute Gasteiger partial charge is 0.388 e. The predicted octanol–water partition coefficient (Wildman–Crippen LogP) is 1.15. The molecule has 4 nitrogen and oxygen atoms in total. The van der Waals surface area contributed by atoms with E-state index in [0.717, 1.165) is 37.0 Å². The third kappa shape index (κ3) is 2.06. The number of hydrogen-bond donors (Lipinski definition) is 2. The Kier molecular flexibility index (Phi) is 2.61. The molecule has 0 aromatic carbocycles. The molecule has 1 aliphatic heterocycles. The molecule has 0 unspecified atom stereocenters. The van der Waals surface area contributed by atoms with E-state index < -0.39 is 5.60 Å². The molecule has 0 aliphatic carbocycles. The summed E-state index contributed by atoms with van der Waals surface area (Å²) in [6.45, 7) is 2.42. The molecule has 4 heteroatoms. The van der Waals surface area contributed by atoms with Gasteiger partial charge in [0.05, 0.1) is 12.1 Å². The molecule has 1 aliphatic rings. The fourth-order valence-electron chi connectivity index (χ4n) is 2.52. The van der Waals surface area contributed by atoms with Crippen LogP contribution in [0.4, 0.5) is 0 Å². The number of fused-ring (bicyclic) bond motifs is 1. The van der Waals surface area contributed by atoms with Gasteiger partial charge in [0.2, 0.25) is 0 Å². The van der Waals surface area contributed by atoms with Gasteiger partial charge in [-0.05, 0) is 44.1 Å². The molecule has 0 bridgehead atoms. The van der Waals surface area contributed by atoms with Gasteiger partial charge < -0.3 is 15.0 Å². The van der Waals surface area contributed by atoms with E-state index in [1.54, 1.807) is 6.20 Å². The molecule has 0 atom stereocenters. The number of rotatable bonds is 2. The van der Waals surface area contributed by atoms with Crippen molar-refractivity contribution in [3.05, 3.63) is 30.6 Å². The first-order chi connectivity index (χ1) is 8.27. The summed E-state index contributed by atoms with van der Waals surface area (Å²) in [6.07, 6.45) is 5.42. The maximum Gasteiger partial charge on any atom is 0.139 e. The van der Waals surface area contributed by atoms with Crippen LogP contribution in [0.25, 0.3) is 11.0 Å². The van der Waals surface area contributed by atoms with Gasteiger partial charge >= 0.3 is 0 Å². The number of aromatic nitrogens is 2. The maximum absolute atomic E-state index is 10.5. The molecule has 2 aromatic heterocycles. The molecule has 0 saturated carbocycles. The average molecular weight is 231 g/mol. The molecule has 1 saturated heterocycles. The fourth-order valence-corrected chi connectivity index (χ4v) is 2.52. The number of piperidine rings is 1. The van der Waals surface area contributed by atoms with Crippen molar-refractivity contribution in [1.29, 1.82) is 0 Å². The molecule has 17 heavy (non-hydrogen) atoms. The van der Waals surface area contributed by atoms with Crippen LogP contribution in [0.1, 0.15) is 12.8 Å². The highest BCUT2D eigenvalue weighted by molar-refractivity contribution is 5.75. The van der Waals surface area contributed by atoms with E-state index in [2.05, 4.69) is 14.9 Å². The predicted molar refractivity (Wildman–Crippen MR) is 66.8 cm³/mol. The van der Waals surface area contributed by atoms with Crippen LogP contribution in [0.2, 0.25) is 0 Å². The molecule has 3 rings (SSSR count). The van der Waals surface area contributed by atoms with E-state index in [1.807, 2.05) is 24.4 Å². The zero-order chi connectivity index (χ0) is 11.7. The van der Waals surface area contributed by atoms with Crippen LogP contribution in [0.3, 0.4) is 0 Å². The smallest absolute Gasteiger partial charge is 0.139 e. The van der Waals surface area contributed by atoms with Crippen LogP contribution in [-0.2, 0) is 6.54 Å². The fraction of sp³-hybridized carbons (Fsp3) is 0.462. The Balaban J connectivity index is 1.89. The van der Waals surface area contributed by atoms with Crippen molar-refractivity contribution in [2.24, 2.45) is 0 Å². The minimum Gasteiger partial charge on any atom is -0.388 e. The first kappa shape index (κ1) is 10.7. The van der Waals surface area contributed by atoms with Gasteiger partial charge in [0.25, 0.3) is 0 Å². The molecular weight excluding hydrogens is 214 g/mol. The Morgan fingerprint density at radius 2 is 2.18 bits per heavy atom. The number of nitrogens with zero attached hydrogens (tertiary/aromatic N) is 2. The molecule has 1 fully saturated rings. The van der Waals surface area contributed by atoms with Crippen LogP contribution in [0.15, 0.2) is 30.6 Å². The number of pyridine rings is 1. The van der Waals surface area contributed by atoms with Crippen molar-refractivity contribution < 1.29 is 5.11 Å². The number of nitrogens with one attached hydrogen (secondary N) is 1. The van der Waals surface area contributed by atoms with Gasteiger partial charge in [0, 0.05) is 17.8 Å². The molecule has 2 aromatic rings. The van der Waals surface area contributed by atoms with Crippen LogP contribution in [0.5, 0.6) is 0 Å². The Labute approximate surface area is 100 Å². The summed E-state index contributed by atoms with van der Waals surface area (Å²) in [5, 5.41) is 14.9. The topological polar surface area (TPSA) is 50.1 Å². The van der Waals surface area contributed by atoms with Gasteiger partial charge in [-0.1, -0.05) is 0 Å². The summed E-state index contributed by atoms with van der Waals surface area (Å²) in [7, 11) is 0. The lowest BCUT2D eigenvalue weighted by Gasteiger charge is -2.33. The zero-order valence-electron chi connectivity index (χ0n) is 9.76. The second-order valence-corrected chi connectivity index (χ2v) is 4.83. The normalized spacial score (nSPS) is 19.6. The molecular formula is C13H17N3O. The molecule has 3 heterocycles. The van der Waals surface area contributed by atoms with Crippen LogP contribution >= 0.6 is 0 Å². The molecule has 90 valence electrons. The zero-order valence-corrected chi connectivity index (χ0v) is 9.76. The Morgan fingerprint density at radius 3 is 3.00 bits per heavy atom. The Hall–Kier alpha value is -1.39. The summed E-state index contributed by atoms with van der Waals surface area (Å²) >= 11 is 0. The standard InChI is InChI=1S/C13H17N3O/c17-13(4-7-14-8-5-13)10-16-9-3-11-2-1-6-15-12(11)16/h1-3,6,9,14,17H,4-5,7-8,10H2. The van der Waals surface area contributed by atoms with Crippen molar-refractivity contribution >= 4 is 11.0 Å². The quantitative estimate of drug-likeness (QED) is 0.815. The highest BCUT2D eigenvalue weighted by atomic mass is 16.3. The number of aliphatic hydroxyl groups is 1. The monoisotopic (exact) mass is 231 g/mol. The number of hydrogen-bond acceptors (Lipinski definition) is 3. The van der Waals surface area contributed by atoms with Gasteiger partial charge in [0.15, 0.2) is 0 Å². The lowest BCUT2D eigenvalue weighted by molar-refractivity contribution is -0.00443. The van der Waals surface area contributed by atoms with E-state index in [9.17, 15) is 5.11 Å². The molecule has 0 amide bonds. The highest BCUT2D eigenvalue weighted by Gasteiger charge is 2.29. The van der Waals surface area contributed by atoms with Gasteiger partial charge in [-0.2, -0.15) is 0 Å². The Bertz CT molecular complexity index is 514. The maximum atomic E-state index is 10.5. The third-order valence-electron chi connectivity index (χ3n) is 3.52. The van der Waals surface area contributed by atoms with Gasteiger partial charge in [-0.3, -0.25) is 0 Å². The summed E-state index contributed by atoms with van der Waals surface area (Å²) in [5.74, 6) is 0. The summed E-state index contributed by atoms with van der Waals surface area (Å²) in [6, 6.07) is 6.03. The second kappa shape index (κ2) is 4.13.